The lowest BCUT2D eigenvalue weighted by atomic mass is 10.2. The summed E-state index contributed by atoms with van der Waals surface area (Å²) in [6.07, 6.45) is 0. The molecule has 1 fully saturated rings. The molecule has 0 bridgehead atoms. The van der Waals surface area contributed by atoms with Gasteiger partial charge in [-0.25, -0.2) is 0 Å². The second kappa shape index (κ2) is 8.22. The third-order valence-corrected chi connectivity index (χ3v) is 4.57. The first kappa shape index (κ1) is 18.2. The van der Waals surface area contributed by atoms with E-state index in [0.29, 0.717) is 30.9 Å². The number of aromatic nitrogens is 3. The lowest BCUT2D eigenvalue weighted by Gasteiger charge is -2.27. The Kier molecular flexibility index (Phi) is 5.34. The first-order chi connectivity index (χ1) is 13.7. The number of ether oxygens (including phenoxy) is 2. The predicted molar refractivity (Wildman–Crippen MR) is 109 cm³/mol. The molecule has 144 valence electrons. The maximum atomic E-state index is 5.46. The van der Waals surface area contributed by atoms with Crippen molar-refractivity contribution in [3.63, 3.8) is 0 Å². The van der Waals surface area contributed by atoms with Crippen molar-refractivity contribution in [3.8, 4) is 17.1 Å². The van der Waals surface area contributed by atoms with Crippen molar-refractivity contribution in [1.29, 1.82) is 0 Å². The number of methoxy groups -OCH3 is 1. The number of anilines is 3. The summed E-state index contributed by atoms with van der Waals surface area (Å²) in [5, 5.41) is 3.30. The SMILES string of the molecule is COc1ccc(-c2nc(Nc3ccc(C)cc3)nc(N3CCOCC3)n2)cc1. The van der Waals surface area contributed by atoms with Crippen LogP contribution in [0.1, 0.15) is 5.56 Å². The summed E-state index contributed by atoms with van der Waals surface area (Å²) < 4.78 is 10.7. The van der Waals surface area contributed by atoms with Crippen LogP contribution in [0.3, 0.4) is 0 Å². The zero-order chi connectivity index (χ0) is 19.3. The summed E-state index contributed by atoms with van der Waals surface area (Å²) in [4.78, 5) is 16.1. The third kappa shape index (κ3) is 4.20. The Bertz CT molecular complexity index is 923. The van der Waals surface area contributed by atoms with E-state index in [2.05, 4.69) is 39.2 Å². The second-order valence-electron chi connectivity index (χ2n) is 6.60. The molecule has 1 saturated heterocycles. The van der Waals surface area contributed by atoms with Crippen LogP contribution in [0.15, 0.2) is 48.5 Å². The molecule has 0 aliphatic carbocycles. The van der Waals surface area contributed by atoms with Gasteiger partial charge in [0.15, 0.2) is 5.82 Å². The van der Waals surface area contributed by atoms with Gasteiger partial charge in [-0.2, -0.15) is 15.0 Å². The molecule has 0 unspecified atom stereocenters. The quantitative estimate of drug-likeness (QED) is 0.730. The molecular formula is C21H23N5O2. The van der Waals surface area contributed by atoms with Gasteiger partial charge in [0, 0.05) is 24.3 Å². The molecule has 1 N–H and O–H groups in total. The van der Waals surface area contributed by atoms with Crippen LogP contribution < -0.4 is 15.0 Å². The van der Waals surface area contributed by atoms with Crippen molar-refractivity contribution in [3.05, 3.63) is 54.1 Å². The molecule has 0 spiro atoms. The molecule has 4 rings (SSSR count). The molecule has 1 aromatic heterocycles. The smallest absolute Gasteiger partial charge is 0.232 e. The Hall–Kier alpha value is -3.19. The van der Waals surface area contributed by atoms with E-state index >= 15 is 0 Å². The van der Waals surface area contributed by atoms with Crippen molar-refractivity contribution in [2.24, 2.45) is 0 Å². The summed E-state index contributed by atoms with van der Waals surface area (Å²) in [6.45, 7) is 4.92. The highest BCUT2D eigenvalue weighted by molar-refractivity contribution is 5.62. The number of benzene rings is 2. The van der Waals surface area contributed by atoms with Crippen molar-refractivity contribution >= 4 is 17.6 Å². The normalized spacial score (nSPS) is 14.0. The van der Waals surface area contributed by atoms with Gasteiger partial charge in [-0.1, -0.05) is 17.7 Å². The fraction of sp³-hybridized carbons (Fsp3) is 0.286. The van der Waals surface area contributed by atoms with Gasteiger partial charge in [-0.3, -0.25) is 0 Å². The number of hydrogen-bond donors (Lipinski definition) is 1. The minimum atomic E-state index is 0.520. The van der Waals surface area contributed by atoms with Crippen LogP contribution in [0.2, 0.25) is 0 Å². The molecule has 28 heavy (non-hydrogen) atoms. The number of nitrogens with one attached hydrogen (secondary N) is 1. The van der Waals surface area contributed by atoms with Crippen LogP contribution in [0.5, 0.6) is 5.75 Å². The highest BCUT2D eigenvalue weighted by Crippen LogP contribution is 2.24. The fourth-order valence-electron chi connectivity index (χ4n) is 2.96. The Morgan fingerprint density at radius 2 is 1.64 bits per heavy atom. The summed E-state index contributed by atoms with van der Waals surface area (Å²) in [5.41, 5.74) is 3.05. The Morgan fingerprint density at radius 1 is 0.929 bits per heavy atom. The van der Waals surface area contributed by atoms with E-state index in [1.165, 1.54) is 5.56 Å². The Morgan fingerprint density at radius 3 is 2.32 bits per heavy atom. The number of rotatable bonds is 5. The van der Waals surface area contributed by atoms with Gasteiger partial charge in [0.25, 0.3) is 0 Å². The third-order valence-electron chi connectivity index (χ3n) is 4.57. The molecule has 1 aliphatic rings. The van der Waals surface area contributed by atoms with E-state index in [9.17, 15) is 0 Å². The molecule has 0 amide bonds. The lowest BCUT2D eigenvalue weighted by molar-refractivity contribution is 0.122. The second-order valence-corrected chi connectivity index (χ2v) is 6.60. The Labute approximate surface area is 164 Å². The molecule has 2 aromatic carbocycles. The van der Waals surface area contributed by atoms with E-state index in [0.717, 1.165) is 30.1 Å². The summed E-state index contributed by atoms with van der Waals surface area (Å²) >= 11 is 0. The van der Waals surface area contributed by atoms with Crippen molar-refractivity contribution in [2.75, 3.05) is 43.6 Å². The van der Waals surface area contributed by atoms with E-state index in [1.807, 2.05) is 36.4 Å². The van der Waals surface area contributed by atoms with E-state index in [1.54, 1.807) is 7.11 Å². The van der Waals surface area contributed by atoms with Gasteiger partial charge in [0.1, 0.15) is 5.75 Å². The monoisotopic (exact) mass is 377 g/mol. The molecule has 1 aliphatic heterocycles. The standard InChI is InChI=1S/C21H23N5O2/c1-15-3-7-17(8-4-15)22-20-23-19(16-5-9-18(27-2)10-6-16)24-21(25-20)26-11-13-28-14-12-26/h3-10H,11-14H2,1-2H3,(H,22,23,24,25). The zero-order valence-corrected chi connectivity index (χ0v) is 16.1. The van der Waals surface area contributed by atoms with Crippen LogP contribution in [0.4, 0.5) is 17.6 Å². The summed E-state index contributed by atoms with van der Waals surface area (Å²) in [7, 11) is 1.65. The van der Waals surface area contributed by atoms with Crippen LogP contribution in [-0.4, -0.2) is 48.4 Å². The lowest BCUT2D eigenvalue weighted by Crippen LogP contribution is -2.37. The van der Waals surface area contributed by atoms with Gasteiger partial charge >= 0.3 is 0 Å². The molecule has 0 saturated carbocycles. The molecule has 0 radical (unpaired) electrons. The molecule has 0 atom stereocenters. The average molecular weight is 377 g/mol. The number of hydrogen-bond acceptors (Lipinski definition) is 7. The topological polar surface area (TPSA) is 72.4 Å². The number of morpholine rings is 1. The van der Waals surface area contributed by atoms with E-state index < -0.39 is 0 Å². The van der Waals surface area contributed by atoms with Gasteiger partial charge in [0.2, 0.25) is 11.9 Å². The van der Waals surface area contributed by atoms with Gasteiger partial charge in [-0.15, -0.1) is 0 Å². The van der Waals surface area contributed by atoms with Crippen molar-refractivity contribution in [1.82, 2.24) is 15.0 Å². The Balaban J connectivity index is 1.70. The highest BCUT2D eigenvalue weighted by Gasteiger charge is 2.17. The van der Waals surface area contributed by atoms with Crippen molar-refractivity contribution in [2.45, 2.75) is 6.92 Å². The van der Waals surface area contributed by atoms with Crippen LogP contribution in [0.25, 0.3) is 11.4 Å². The predicted octanol–water partition coefficient (Wildman–Crippen LogP) is 3.44. The molecule has 3 aromatic rings. The number of nitrogens with zero attached hydrogens (tertiary/aromatic N) is 4. The minimum absolute atomic E-state index is 0.520. The van der Waals surface area contributed by atoms with Gasteiger partial charge in [-0.05, 0) is 43.3 Å². The summed E-state index contributed by atoms with van der Waals surface area (Å²) in [5.74, 6) is 2.59. The van der Waals surface area contributed by atoms with Gasteiger partial charge in [0.05, 0.1) is 20.3 Å². The van der Waals surface area contributed by atoms with E-state index in [-0.39, 0.29) is 0 Å². The number of aryl methyl sites for hydroxylation is 1. The van der Waals surface area contributed by atoms with Crippen molar-refractivity contribution < 1.29 is 9.47 Å². The molecule has 7 nitrogen and oxygen atoms in total. The fourth-order valence-corrected chi connectivity index (χ4v) is 2.96. The van der Waals surface area contributed by atoms with Crippen LogP contribution >= 0.6 is 0 Å². The first-order valence-electron chi connectivity index (χ1n) is 9.28. The zero-order valence-electron chi connectivity index (χ0n) is 16.1. The molecule has 7 heteroatoms. The minimum Gasteiger partial charge on any atom is -0.497 e. The first-order valence-corrected chi connectivity index (χ1v) is 9.28. The maximum Gasteiger partial charge on any atom is 0.232 e. The van der Waals surface area contributed by atoms with Crippen LogP contribution in [0, 0.1) is 6.92 Å². The average Bonchev–Trinajstić information content (AvgIpc) is 2.76. The summed E-state index contributed by atoms with van der Waals surface area (Å²) in [6, 6.07) is 15.8. The van der Waals surface area contributed by atoms with Gasteiger partial charge < -0.3 is 19.7 Å². The van der Waals surface area contributed by atoms with E-state index in [4.69, 9.17) is 14.5 Å². The molecule has 2 heterocycles. The largest absolute Gasteiger partial charge is 0.497 e. The van der Waals surface area contributed by atoms with Crippen LogP contribution in [-0.2, 0) is 4.74 Å². The maximum absolute atomic E-state index is 5.46. The highest BCUT2D eigenvalue weighted by atomic mass is 16.5. The molecular weight excluding hydrogens is 354 g/mol.